The van der Waals surface area contributed by atoms with E-state index in [1.54, 1.807) is 0 Å². The van der Waals surface area contributed by atoms with Crippen LogP contribution in [0, 0.1) is 5.92 Å². The quantitative estimate of drug-likeness (QED) is 0.682. The van der Waals surface area contributed by atoms with Gasteiger partial charge in [-0.15, -0.1) is 0 Å². The van der Waals surface area contributed by atoms with E-state index in [4.69, 9.17) is 14.2 Å². The van der Waals surface area contributed by atoms with Crippen LogP contribution in [0.15, 0.2) is 60.7 Å². The zero-order chi connectivity index (χ0) is 18.6. The molecule has 2 aromatic rings. The molecule has 2 saturated heterocycles. The topological polar surface area (TPSA) is 27.7 Å². The molecule has 0 aromatic heterocycles. The van der Waals surface area contributed by atoms with E-state index in [2.05, 4.69) is 56.3 Å². The summed E-state index contributed by atoms with van der Waals surface area (Å²) in [6.07, 6.45) is 4.09. The zero-order valence-electron chi connectivity index (χ0n) is 16.3. The number of benzene rings is 2. The molecule has 3 heteroatoms. The maximum atomic E-state index is 6.67. The van der Waals surface area contributed by atoms with Gasteiger partial charge in [0, 0.05) is 5.56 Å². The van der Waals surface area contributed by atoms with E-state index in [1.165, 1.54) is 5.56 Å². The fraction of sp³-hybridized carbons (Fsp3) is 0.500. The lowest BCUT2D eigenvalue weighted by Crippen LogP contribution is -2.50. The van der Waals surface area contributed by atoms with Crippen LogP contribution in [-0.4, -0.2) is 18.3 Å². The molecule has 4 rings (SSSR count). The zero-order valence-corrected chi connectivity index (χ0v) is 16.3. The maximum absolute atomic E-state index is 6.67. The molecule has 0 saturated carbocycles. The fourth-order valence-electron chi connectivity index (χ4n) is 4.48. The Labute approximate surface area is 162 Å². The number of ether oxygens (including phenoxy) is 3. The highest BCUT2D eigenvalue weighted by Gasteiger charge is 2.46. The summed E-state index contributed by atoms with van der Waals surface area (Å²) in [7, 11) is 0. The van der Waals surface area contributed by atoms with Crippen LogP contribution in [0.4, 0.5) is 0 Å². The molecule has 0 radical (unpaired) electrons. The first-order valence-corrected chi connectivity index (χ1v) is 10.4. The molecule has 144 valence electrons. The highest BCUT2D eigenvalue weighted by Crippen LogP contribution is 2.43. The van der Waals surface area contributed by atoms with E-state index in [0.717, 1.165) is 31.2 Å². The minimum Gasteiger partial charge on any atom is -0.365 e. The second-order valence-corrected chi connectivity index (χ2v) is 7.67. The molecule has 2 aromatic carbocycles. The predicted octanol–water partition coefficient (Wildman–Crippen LogP) is 5.83. The Bertz CT molecular complexity index is 665. The number of hydrogen-bond acceptors (Lipinski definition) is 3. The van der Waals surface area contributed by atoms with Gasteiger partial charge in [0.05, 0.1) is 18.3 Å². The fourth-order valence-corrected chi connectivity index (χ4v) is 4.48. The minimum absolute atomic E-state index is 0.0207. The third kappa shape index (κ3) is 3.96. The van der Waals surface area contributed by atoms with Crippen molar-refractivity contribution >= 4 is 0 Å². The first kappa shape index (κ1) is 18.7. The summed E-state index contributed by atoms with van der Waals surface area (Å²) in [5, 5.41) is 0. The summed E-state index contributed by atoms with van der Waals surface area (Å²) < 4.78 is 19.6. The Balaban J connectivity index is 1.61. The van der Waals surface area contributed by atoms with Crippen molar-refractivity contribution in [2.75, 3.05) is 0 Å². The molecule has 0 N–H and O–H groups in total. The lowest BCUT2D eigenvalue weighted by Gasteiger charge is -2.44. The van der Waals surface area contributed by atoms with Crippen LogP contribution < -0.4 is 0 Å². The summed E-state index contributed by atoms with van der Waals surface area (Å²) in [6, 6.07) is 20.9. The third-order valence-electron chi connectivity index (χ3n) is 6.02. The minimum atomic E-state index is -0.302. The van der Waals surface area contributed by atoms with Crippen molar-refractivity contribution in [3.63, 3.8) is 0 Å². The van der Waals surface area contributed by atoms with E-state index in [9.17, 15) is 0 Å². The van der Waals surface area contributed by atoms with E-state index in [1.807, 2.05) is 18.2 Å². The summed E-state index contributed by atoms with van der Waals surface area (Å²) in [5.74, 6) is 0.493. The molecule has 0 amide bonds. The predicted molar refractivity (Wildman–Crippen MR) is 106 cm³/mol. The number of rotatable bonds is 4. The van der Waals surface area contributed by atoms with Gasteiger partial charge in [0.25, 0.3) is 0 Å². The molecule has 0 bridgehead atoms. The normalized spacial score (nSPS) is 33.9. The van der Waals surface area contributed by atoms with Crippen LogP contribution in [0.1, 0.15) is 63.1 Å². The first-order chi connectivity index (χ1) is 13.3. The smallest absolute Gasteiger partial charge is 0.184 e. The lowest BCUT2D eigenvalue weighted by molar-refractivity contribution is -0.309. The lowest BCUT2D eigenvalue weighted by atomic mass is 9.87. The Hall–Kier alpha value is -1.68. The van der Waals surface area contributed by atoms with Crippen molar-refractivity contribution in [2.45, 2.75) is 70.2 Å². The van der Waals surface area contributed by atoms with E-state index in [-0.39, 0.29) is 30.7 Å². The van der Waals surface area contributed by atoms with Gasteiger partial charge in [-0.25, -0.2) is 0 Å². The van der Waals surface area contributed by atoms with Crippen molar-refractivity contribution in [3.8, 4) is 0 Å². The molecule has 27 heavy (non-hydrogen) atoms. The van der Waals surface area contributed by atoms with Gasteiger partial charge < -0.3 is 14.2 Å². The van der Waals surface area contributed by atoms with Gasteiger partial charge in [0.15, 0.2) is 6.29 Å². The van der Waals surface area contributed by atoms with Gasteiger partial charge in [-0.3, -0.25) is 0 Å². The molecular formula is C24H30O3. The Morgan fingerprint density at radius 3 is 2.00 bits per heavy atom. The van der Waals surface area contributed by atoms with Crippen molar-refractivity contribution < 1.29 is 14.2 Å². The average Bonchev–Trinajstić information content (AvgIpc) is 2.93. The molecule has 6 atom stereocenters. The van der Waals surface area contributed by atoms with Crippen molar-refractivity contribution in [1.29, 1.82) is 0 Å². The summed E-state index contributed by atoms with van der Waals surface area (Å²) in [4.78, 5) is 0. The van der Waals surface area contributed by atoms with Gasteiger partial charge in [-0.1, -0.05) is 80.9 Å². The Morgan fingerprint density at radius 1 is 0.704 bits per heavy atom. The van der Waals surface area contributed by atoms with E-state index < -0.39 is 0 Å². The third-order valence-corrected chi connectivity index (χ3v) is 6.02. The van der Waals surface area contributed by atoms with Crippen LogP contribution in [0.25, 0.3) is 0 Å². The van der Waals surface area contributed by atoms with E-state index >= 15 is 0 Å². The molecule has 2 fully saturated rings. The van der Waals surface area contributed by atoms with Crippen LogP contribution in [-0.2, 0) is 14.2 Å². The van der Waals surface area contributed by atoms with Gasteiger partial charge in [0.2, 0.25) is 0 Å². The van der Waals surface area contributed by atoms with Gasteiger partial charge >= 0.3 is 0 Å². The Morgan fingerprint density at radius 2 is 1.37 bits per heavy atom. The maximum Gasteiger partial charge on any atom is 0.184 e. The second kappa shape index (κ2) is 8.55. The SMILES string of the molecule is CCC1CCC(c2ccccc2)OC2C(CC)OC(c3ccccc3)OC12. The summed E-state index contributed by atoms with van der Waals surface area (Å²) in [6.45, 7) is 4.45. The van der Waals surface area contributed by atoms with Gasteiger partial charge in [-0.2, -0.15) is 0 Å². The second-order valence-electron chi connectivity index (χ2n) is 7.67. The number of fused-ring (bicyclic) bond motifs is 1. The summed E-state index contributed by atoms with van der Waals surface area (Å²) in [5.41, 5.74) is 2.35. The van der Waals surface area contributed by atoms with Crippen LogP contribution in [0.2, 0.25) is 0 Å². The largest absolute Gasteiger partial charge is 0.365 e. The average molecular weight is 367 g/mol. The molecular weight excluding hydrogens is 336 g/mol. The molecule has 2 aliphatic rings. The molecule has 3 nitrogen and oxygen atoms in total. The molecule has 0 aliphatic carbocycles. The molecule has 0 spiro atoms. The van der Waals surface area contributed by atoms with Crippen LogP contribution >= 0.6 is 0 Å². The van der Waals surface area contributed by atoms with Crippen LogP contribution in [0.3, 0.4) is 0 Å². The van der Waals surface area contributed by atoms with E-state index in [0.29, 0.717) is 5.92 Å². The van der Waals surface area contributed by atoms with Crippen molar-refractivity contribution in [2.24, 2.45) is 5.92 Å². The van der Waals surface area contributed by atoms with Crippen molar-refractivity contribution in [3.05, 3.63) is 71.8 Å². The van der Waals surface area contributed by atoms with Gasteiger partial charge in [-0.05, 0) is 30.7 Å². The summed E-state index contributed by atoms with van der Waals surface area (Å²) >= 11 is 0. The van der Waals surface area contributed by atoms with Gasteiger partial charge in [0.1, 0.15) is 6.10 Å². The molecule has 6 unspecified atom stereocenters. The molecule has 2 aliphatic heterocycles. The highest BCUT2D eigenvalue weighted by atomic mass is 16.7. The van der Waals surface area contributed by atoms with Crippen molar-refractivity contribution in [1.82, 2.24) is 0 Å². The highest BCUT2D eigenvalue weighted by molar-refractivity contribution is 5.19. The van der Waals surface area contributed by atoms with Crippen LogP contribution in [0.5, 0.6) is 0 Å². The monoisotopic (exact) mass is 366 g/mol. The standard InChI is InChI=1S/C24H30O3/c1-3-17-15-16-21(18-11-7-5-8-12-18)25-23-20(4-2)26-24(27-22(17)23)19-13-9-6-10-14-19/h5-14,17,20-24H,3-4,15-16H2,1-2H3. The first-order valence-electron chi connectivity index (χ1n) is 10.4. The Kier molecular flexibility index (Phi) is 5.92. The number of hydrogen-bond donors (Lipinski definition) is 0. The molecule has 2 heterocycles.